The van der Waals surface area contributed by atoms with E-state index in [9.17, 15) is 13.2 Å². The Morgan fingerprint density at radius 2 is 1.86 bits per heavy atom. The van der Waals surface area contributed by atoms with Gasteiger partial charge in [0.1, 0.15) is 0 Å². The molecule has 1 fully saturated rings. The molecule has 0 radical (unpaired) electrons. The number of nitrogens with one attached hydrogen (secondary N) is 1. The van der Waals surface area contributed by atoms with Gasteiger partial charge in [0.15, 0.2) is 0 Å². The standard InChI is InChI=1S/C14H21N3O3S.ClH/c1-14(2,10-15)16-21(19,20)12-7-5-11(6-8-12)17-9-3-4-13(17)18;/h5-8,16H,3-4,9-10,15H2,1-2H3;1H. The number of hydrogen-bond acceptors (Lipinski definition) is 4. The van der Waals surface area contributed by atoms with E-state index in [1.54, 1.807) is 30.9 Å². The monoisotopic (exact) mass is 347 g/mol. The minimum Gasteiger partial charge on any atom is -0.329 e. The predicted molar refractivity (Wildman–Crippen MR) is 88.7 cm³/mol. The topological polar surface area (TPSA) is 92.5 Å². The van der Waals surface area contributed by atoms with Crippen LogP contribution in [0, 0.1) is 0 Å². The van der Waals surface area contributed by atoms with Crippen LogP contribution in [0.4, 0.5) is 5.69 Å². The number of nitrogens with two attached hydrogens (primary N) is 1. The molecule has 1 amide bonds. The Morgan fingerprint density at radius 3 is 2.32 bits per heavy atom. The number of rotatable bonds is 5. The van der Waals surface area contributed by atoms with Crippen molar-refractivity contribution in [1.82, 2.24) is 4.72 Å². The lowest BCUT2D eigenvalue weighted by Gasteiger charge is -2.24. The largest absolute Gasteiger partial charge is 0.329 e. The number of anilines is 1. The number of carbonyl (C=O) groups is 1. The summed E-state index contributed by atoms with van der Waals surface area (Å²) >= 11 is 0. The fourth-order valence-corrected chi connectivity index (χ4v) is 3.61. The van der Waals surface area contributed by atoms with Gasteiger partial charge in [-0.1, -0.05) is 0 Å². The Bertz CT molecular complexity index is 629. The Balaban J connectivity index is 0.00000242. The van der Waals surface area contributed by atoms with Crippen LogP contribution in [0.1, 0.15) is 26.7 Å². The smallest absolute Gasteiger partial charge is 0.241 e. The van der Waals surface area contributed by atoms with E-state index in [0.29, 0.717) is 13.0 Å². The normalized spacial score (nSPS) is 15.8. The molecule has 0 aromatic heterocycles. The van der Waals surface area contributed by atoms with Crippen LogP contribution in [0.15, 0.2) is 29.2 Å². The van der Waals surface area contributed by atoms with E-state index in [1.807, 2.05) is 0 Å². The Labute approximate surface area is 137 Å². The van der Waals surface area contributed by atoms with E-state index in [2.05, 4.69) is 4.72 Å². The SMILES string of the molecule is CC(C)(CN)NS(=O)(=O)c1ccc(N2CCCC2=O)cc1.Cl. The van der Waals surface area contributed by atoms with Crippen LogP contribution >= 0.6 is 12.4 Å². The van der Waals surface area contributed by atoms with Crippen LogP contribution < -0.4 is 15.4 Å². The van der Waals surface area contributed by atoms with E-state index < -0.39 is 15.6 Å². The molecule has 3 N–H and O–H groups in total. The van der Waals surface area contributed by atoms with Crippen molar-refractivity contribution in [2.75, 3.05) is 18.0 Å². The zero-order chi connectivity index (χ0) is 15.7. The van der Waals surface area contributed by atoms with E-state index >= 15 is 0 Å². The zero-order valence-electron chi connectivity index (χ0n) is 12.7. The minimum absolute atomic E-state index is 0. The van der Waals surface area contributed by atoms with Gasteiger partial charge in [0.2, 0.25) is 15.9 Å². The molecule has 0 spiro atoms. The van der Waals surface area contributed by atoms with Gasteiger partial charge in [-0.15, -0.1) is 12.4 Å². The van der Waals surface area contributed by atoms with E-state index in [-0.39, 0.29) is 29.8 Å². The van der Waals surface area contributed by atoms with E-state index in [1.165, 1.54) is 12.1 Å². The van der Waals surface area contributed by atoms with Crippen LogP contribution in [0.25, 0.3) is 0 Å². The summed E-state index contributed by atoms with van der Waals surface area (Å²) in [6.07, 6.45) is 1.39. The first kappa shape index (κ1) is 18.9. The average molecular weight is 348 g/mol. The predicted octanol–water partition coefficient (Wildman–Crippen LogP) is 1.25. The number of sulfonamides is 1. The third-order valence-corrected chi connectivity index (χ3v) is 5.17. The van der Waals surface area contributed by atoms with Gasteiger partial charge in [-0.3, -0.25) is 4.79 Å². The summed E-state index contributed by atoms with van der Waals surface area (Å²) in [5.41, 5.74) is 5.57. The van der Waals surface area contributed by atoms with Crippen molar-refractivity contribution in [2.24, 2.45) is 5.73 Å². The number of benzene rings is 1. The molecule has 0 aliphatic carbocycles. The second-order valence-corrected chi connectivity index (χ2v) is 7.52. The molecule has 0 saturated carbocycles. The summed E-state index contributed by atoms with van der Waals surface area (Å²) in [6, 6.07) is 6.34. The third kappa shape index (κ3) is 4.19. The highest BCUT2D eigenvalue weighted by atomic mass is 35.5. The quantitative estimate of drug-likeness (QED) is 0.838. The Morgan fingerprint density at radius 1 is 1.27 bits per heavy atom. The fourth-order valence-electron chi connectivity index (χ4n) is 2.19. The summed E-state index contributed by atoms with van der Waals surface area (Å²) < 4.78 is 27.1. The molecule has 8 heteroatoms. The molecule has 1 aromatic carbocycles. The lowest BCUT2D eigenvalue weighted by atomic mass is 10.1. The fraction of sp³-hybridized carbons (Fsp3) is 0.500. The zero-order valence-corrected chi connectivity index (χ0v) is 14.3. The van der Waals surface area contributed by atoms with Gasteiger partial charge in [0.05, 0.1) is 4.90 Å². The lowest BCUT2D eigenvalue weighted by molar-refractivity contribution is -0.117. The first-order valence-corrected chi connectivity index (χ1v) is 8.38. The molecule has 1 aliphatic heterocycles. The van der Waals surface area contributed by atoms with Crippen molar-refractivity contribution in [3.63, 3.8) is 0 Å². The summed E-state index contributed by atoms with van der Waals surface area (Å²) in [6.45, 7) is 4.33. The summed E-state index contributed by atoms with van der Waals surface area (Å²) in [5, 5.41) is 0. The first-order valence-electron chi connectivity index (χ1n) is 6.90. The van der Waals surface area contributed by atoms with Crippen molar-refractivity contribution >= 4 is 34.0 Å². The molecule has 1 saturated heterocycles. The molecule has 6 nitrogen and oxygen atoms in total. The minimum atomic E-state index is -3.62. The van der Waals surface area contributed by atoms with Crippen molar-refractivity contribution in [3.05, 3.63) is 24.3 Å². The molecule has 1 aliphatic rings. The Hall–Kier alpha value is -1.15. The summed E-state index contributed by atoms with van der Waals surface area (Å²) in [4.78, 5) is 13.5. The van der Waals surface area contributed by atoms with Crippen molar-refractivity contribution in [3.8, 4) is 0 Å². The number of halogens is 1. The summed E-state index contributed by atoms with van der Waals surface area (Å²) in [5.74, 6) is 0.0768. The highest BCUT2D eigenvalue weighted by Crippen LogP contribution is 2.23. The van der Waals surface area contributed by atoms with Gasteiger partial charge < -0.3 is 10.6 Å². The number of amides is 1. The molecule has 124 valence electrons. The molecule has 1 heterocycles. The van der Waals surface area contributed by atoms with Crippen molar-refractivity contribution < 1.29 is 13.2 Å². The highest BCUT2D eigenvalue weighted by molar-refractivity contribution is 7.89. The second-order valence-electron chi connectivity index (χ2n) is 5.84. The van der Waals surface area contributed by atoms with Crippen LogP contribution in [0.3, 0.4) is 0 Å². The molecule has 22 heavy (non-hydrogen) atoms. The first-order chi connectivity index (χ1) is 9.75. The average Bonchev–Trinajstić information content (AvgIpc) is 2.84. The highest BCUT2D eigenvalue weighted by Gasteiger charge is 2.26. The molecule has 0 atom stereocenters. The van der Waals surface area contributed by atoms with E-state index in [4.69, 9.17) is 5.73 Å². The number of hydrogen-bond donors (Lipinski definition) is 2. The molecule has 2 rings (SSSR count). The van der Waals surface area contributed by atoms with Crippen LogP contribution in [0.2, 0.25) is 0 Å². The molecular formula is C14H22ClN3O3S. The lowest BCUT2D eigenvalue weighted by Crippen LogP contribution is -2.48. The number of carbonyl (C=O) groups excluding carboxylic acids is 1. The maximum absolute atomic E-state index is 12.3. The maximum atomic E-state index is 12.3. The Kier molecular flexibility index (Phi) is 5.97. The van der Waals surface area contributed by atoms with E-state index in [0.717, 1.165) is 12.1 Å². The van der Waals surface area contributed by atoms with Crippen LogP contribution in [0.5, 0.6) is 0 Å². The van der Waals surface area contributed by atoms with Gasteiger partial charge in [-0.25, -0.2) is 13.1 Å². The second kappa shape index (κ2) is 6.95. The summed E-state index contributed by atoms with van der Waals surface area (Å²) in [7, 11) is -3.62. The maximum Gasteiger partial charge on any atom is 0.241 e. The molecule has 0 unspecified atom stereocenters. The molecular weight excluding hydrogens is 326 g/mol. The van der Waals surface area contributed by atoms with Crippen LogP contribution in [-0.2, 0) is 14.8 Å². The van der Waals surface area contributed by atoms with Gasteiger partial charge in [0, 0.05) is 30.7 Å². The van der Waals surface area contributed by atoms with Gasteiger partial charge in [0.25, 0.3) is 0 Å². The van der Waals surface area contributed by atoms with Crippen molar-refractivity contribution in [1.29, 1.82) is 0 Å². The third-order valence-electron chi connectivity index (χ3n) is 3.45. The number of nitrogens with zero attached hydrogens (tertiary/aromatic N) is 1. The van der Waals surface area contributed by atoms with Gasteiger partial charge in [-0.05, 0) is 44.5 Å². The molecule has 0 bridgehead atoms. The van der Waals surface area contributed by atoms with Crippen molar-refractivity contribution in [2.45, 2.75) is 37.1 Å². The van der Waals surface area contributed by atoms with Crippen LogP contribution in [-0.4, -0.2) is 33.0 Å². The van der Waals surface area contributed by atoms with Gasteiger partial charge in [-0.2, -0.15) is 0 Å². The van der Waals surface area contributed by atoms with Gasteiger partial charge >= 0.3 is 0 Å². The molecule has 1 aromatic rings.